The van der Waals surface area contributed by atoms with E-state index in [2.05, 4.69) is 5.32 Å². The molecule has 42 heavy (non-hydrogen) atoms. The van der Waals surface area contributed by atoms with Crippen LogP contribution in [-0.4, -0.2) is 47.4 Å². The summed E-state index contributed by atoms with van der Waals surface area (Å²) in [5.74, 6) is 0. The Morgan fingerprint density at radius 2 is 1.45 bits per heavy atom. The summed E-state index contributed by atoms with van der Waals surface area (Å²) >= 11 is 0. The second-order valence-corrected chi connectivity index (χ2v) is 11.4. The summed E-state index contributed by atoms with van der Waals surface area (Å²) in [7, 11) is 0. The number of hydrogen-bond donors (Lipinski definition) is 1. The first kappa shape index (κ1) is 33.1. The average Bonchev–Trinajstić information content (AvgIpc) is 2.86. The van der Waals surface area contributed by atoms with Crippen LogP contribution < -0.4 is 5.32 Å². The van der Waals surface area contributed by atoms with E-state index in [0.717, 1.165) is 5.56 Å². The monoisotopic (exact) mass is 602 g/mol. The summed E-state index contributed by atoms with van der Waals surface area (Å²) in [6.07, 6.45) is -9.65. The van der Waals surface area contributed by atoms with Crippen molar-refractivity contribution in [1.82, 2.24) is 10.2 Å². The maximum absolute atomic E-state index is 13.2. The van der Waals surface area contributed by atoms with Crippen LogP contribution in [0.2, 0.25) is 0 Å². The lowest BCUT2D eigenvalue weighted by molar-refractivity contribution is -0.143. The molecule has 3 unspecified atom stereocenters. The number of rotatable bonds is 7. The van der Waals surface area contributed by atoms with Crippen molar-refractivity contribution in [2.45, 2.75) is 95.9 Å². The van der Waals surface area contributed by atoms with E-state index in [1.807, 2.05) is 37.3 Å². The van der Waals surface area contributed by atoms with Gasteiger partial charge in [-0.3, -0.25) is 0 Å². The highest BCUT2D eigenvalue weighted by atomic mass is 19.4. The maximum Gasteiger partial charge on any atom is 0.416 e. The fourth-order valence-corrected chi connectivity index (χ4v) is 5.07. The molecule has 1 heterocycles. The molecule has 1 fully saturated rings. The number of ether oxygens (including phenoxy) is 2. The normalized spacial score (nSPS) is 19.8. The number of nitrogens with one attached hydrogen (secondary N) is 1. The molecule has 3 rings (SSSR count). The van der Waals surface area contributed by atoms with E-state index >= 15 is 0 Å². The number of halogens is 6. The first-order valence-electron chi connectivity index (χ1n) is 13.7. The van der Waals surface area contributed by atoms with Gasteiger partial charge in [0, 0.05) is 24.5 Å². The van der Waals surface area contributed by atoms with E-state index in [9.17, 15) is 35.9 Å². The van der Waals surface area contributed by atoms with Crippen LogP contribution in [0.1, 0.15) is 69.2 Å². The van der Waals surface area contributed by atoms with Gasteiger partial charge in [0.2, 0.25) is 0 Å². The van der Waals surface area contributed by atoms with Crippen LogP contribution in [0.3, 0.4) is 0 Å². The van der Waals surface area contributed by atoms with E-state index in [1.165, 1.54) is 0 Å². The van der Waals surface area contributed by atoms with Crippen LogP contribution in [0.5, 0.6) is 0 Å². The van der Waals surface area contributed by atoms with Crippen molar-refractivity contribution >= 4 is 12.2 Å². The first-order chi connectivity index (χ1) is 19.5. The highest BCUT2D eigenvalue weighted by molar-refractivity contribution is 5.70. The quantitative estimate of drug-likeness (QED) is 0.329. The largest absolute Gasteiger partial charge is 0.449 e. The molecule has 232 valence electrons. The van der Waals surface area contributed by atoms with E-state index < -0.39 is 47.9 Å². The molecule has 12 heteroatoms. The van der Waals surface area contributed by atoms with Gasteiger partial charge >= 0.3 is 24.5 Å². The minimum atomic E-state index is -4.96. The lowest BCUT2D eigenvalue weighted by Crippen LogP contribution is -2.58. The second-order valence-electron chi connectivity index (χ2n) is 11.4. The van der Waals surface area contributed by atoms with Crippen molar-refractivity contribution in [3.8, 4) is 0 Å². The summed E-state index contributed by atoms with van der Waals surface area (Å²) in [6.45, 7) is 6.85. The molecule has 2 aromatic carbocycles. The summed E-state index contributed by atoms with van der Waals surface area (Å²) in [4.78, 5) is 27.6. The standard InChI is InChI=1S/C30H36F6N2O4/c1-5-24-17-23(18-25(15-19-9-7-6-8-10-19)38(24)27(40)42-28(2,3)4)37-26(39)41-12-11-20-13-21(29(31,32)33)16-22(14-20)30(34,35)36/h6-10,13-14,16,23-25H,5,11-12,15,17-18H2,1-4H3,(H,37,39). The molecule has 2 aromatic rings. The Kier molecular flexibility index (Phi) is 10.4. The molecule has 0 spiro atoms. The van der Waals surface area contributed by atoms with Crippen molar-refractivity contribution in [2.75, 3.05) is 6.61 Å². The summed E-state index contributed by atoms with van der Waals surface area (Å²) in [6, 6.07) is 9.88. The summed E-state index contributed by atoms with van der Waals surface area (Å²) < 4.78 is 89.7. The van der Waals surface area contributed by atoms with Crippen LogP contribution in [0.25, 0.3) is 0 Å². The number of hydrogen-bond acceptors (Lipinski definition) is 4. The van der Waals surface area contributed by atoms with Crippen LogP contribution >= 0.6 is 0 Å². The number of nitrogens with zero attached hydrogens (tertiary/aromatic N) is 1. The molecule has 1 aliphatic rings. The molecular formula is C30H36F6N2O4. The van der Waals surface area contributed by atoms with Gasteiger partial charge in [-0.05, 0) is 75.8 Å². The highest BCUT2D eigenvalue weighted by Gasteiger charge is 2.41. The third kappa shape index (κ3) is 9.55. The zero-order chi connectivity index (χ0) is 31.3. The molecule has 1 aliphatic heterocycles. The number of amides is 2. The van der Waals surface area contributed by atoms with E-state index in [4.69, 9.17) is 9.47 Å². The third-order valence-corrected chi connectivity index (χ3v) is 6.88. The SMILES string of the molecule is CCC1CC(NC(=O)OCCc2cc(C(F)(F)F)cc(C(F)(F)F)c2)CC(Cc2ccccc2)N1C(=O)OC(C)(C)C. The number of benzene rings is 2. The van der Waals surface area contributed by atoms with Crippen LogP contribution in [0.4, 0.5) is 35.9 Å². The molecule has 1 saturated heterocycles. The second kappa shape index (κ2) is 13.2. The van der Waals surface area contributed by atoms with Crippen LogP contribution in [-0.2, 0) is 34.7 Å². The Hall–Kier alpha value is -3.44. The Labute approximate surface area is 241 Å². The minimum Gasteiger partial charge on any atom is -0.449 e. The molecule has 0 radical (unpaired) electrons. The fourth-order valence-electron chi connectivity index (χ4n) is 5.07. The van der Waals surface area contributed by atoms with Gasteiger partial charge in [0.15, 0.2) is 0 Å². The van der Waals surface area contributed by atoms with E-state index in [1.54, 1.807) is 25.7 Å². The third-order valence-electron chi connectivity index (χ3n) is 6.88. The van der Waals surface area contributed by atoms with Crippen molar-refractivity contribution < 1.29 is 45.4 Å². The number of carbonyl (C=O) groups is 2. The van der Waals surface area contributed by atoms with Gasteiger partial charge in [0.05, 0.1) is 17.7 Å². The number of alkyl halides is 6. The number of likely N-dealkylation sites (tertiary alicyclic amines) is 1. The highest BCUT2D eigenvalue weighted by Crippen LogP contribution is 2.36. The predicted molar refractivity (Wildman–Crippen MR) is 144 cm³/mol. The minimum absolute atomic E-state index is 0.0523. The van der Waals surface area contributed by atoms with Crippen LogP contribution in [0, 0.1) is 0 Å². The zero-order valence-electron chi connectivity index (χ0n) is 23.9. The molecular weight excluding hydrogens is 566 g/mol. The Balaban J connectivity index is 1.68. The van der Waals surface area contributed by atoms with Crippen molar-refractivity contribution in [2.24, 2.45) is 0 Å². The Bertz CT molecular complexity index is 1180. The van der Waals surface area contributed by atoms with Gasteiger partial charge in [-0.1, -0.05) is 37.3 Å². The summed E-state index contributed by atoms with van der Waals surface area (Å²) in [5, 5.41) is 2.76. The molecule has 6 nitrogen and oxygen atoms in total. The lowest BCUT2D eigenvalue weighted by Gasteiger charge is -2.45. The Morgan fingerprint density at radius 3 is 1.98 bits per heavy atom. The molecule has 1 N–H and O–H groups in total. The van der Waals surface area contributed by atoms with Gasteiger partial charge < -0.3 is 19.7 Å². The Morgan fingerprint density at radius 1 is 0.881 bits per heavy atom. The molecule has 0 aromatic heterocycles. The smallest absolute Gasteiger partial charge is 0.416 e. The average molecular weight is 603 g/mol. The van der Waals surface area contributed by atoms with Crippen molar-refractivity contribution in [1.29, 1.82) is 0 Å². The fraction of sp³-hybridized carbons (Fsp3) is 0.533. The number of piperidine rings is 1. The number of alkyl carbamates (subject to hydrolysis) is 1. The van der Waals surface area contributed by atoms with Crippen molar-refractivity contribution in [3.63, 3.8) is 0 Å². The van der Waals surface area contributed by atoms with E-state index in [-0.39, 0.29) is 36.2 Å². The lowest BCUT2D eigenvalue weighted by atomic mass is 9.87. The van der Waals surface area contributed by atoms with Gasteiger partial charge in [0.25, 0.3) is 0 Å². The maximum atomic E-state index is 13.2. The predicted octanol–water partition coefficient (Wildman–Crippen LogP) is 7.78. The van der Waals surface area contributed by atoms with Gasteiger partial charge in [-0.25, -0.2) is 9.59 Å². The first-order valence-corrected chi connectivity index (χ1v) is 13.7. The molecule has 0 bridgehead atoms. The van der Waals surface area contributed by atoms with Gasteiger partial charge in [0.1, 0.15) is 5.60 Å². The number of carbonyl (C=O) groups excluding carboxylic acids is 2. The molecule has 0 aliphatic carbocycles. The van der Waals surface area contributed by atoms with E-state index in [0.29, 0.717) is 37.8 Å². The van der Waals surface area contributed by atoms with Crippen LogP contribution in [0.15, 0.2) is 48.5 Å². The molecule has 2 amide bonds. The van der Waals surface area contributed by atoms with Crippen molar-refractivity contribution in [3.05, 3.63) is 70.8 Å². The summed E-state index contributed by atoms with van der Waals surface area (Å²) in [5.41, 5.74) is -2.82. The van der Waals surface area contributed by atoms with Gasteiger partial charge in [-0.15, -0.1) is 0 Å². The zero-order valence-corrected chi connectivity index (χ0v) is 23.9. The topological polar surface area (TPSA) is 67.9 Å². The molecule has 0 saturated carbocycles. The van der Waals surface area contributed by atoms with Gasteiger partial charge in [-0.2, -0.15) is 26.3 Å². The molecule has 3 atom stereocenters.